The molecule has 1 amide bonds. The second kappa shape index (κ2) is 7.89. The number of nitrogens with one attached hydrogen (secondary N) is 1. The molecule has 7 heteroatoms. The molecule has 0 aliphatic rings. The fraction of sp³-hybridized carbons (Fsp3) is 0.0526. The summed E-state index contributed by atoms with van der Waals surface area (Å²) < 4.78 is 10.3. The van der Waals surface area contributed by atoms with Gasteiger partial charge >= 0.3 is 5.97 Å². The number of hydrazone groups is 1. The molecule has 2 aromatic heterocycles. The van der Waals surface area contributed by atoms with Crippen molar-refractivity contribution >= 4 is 18.1 Å². The lowest BCUT2D eigenvalue weighted by Gasteiger charge is -2.00. The van der Waals surface area contributed by atoms with Gasteiger partial charge in [0.1, 0.15) is 11.5 Å². The van der Waals surface area contributed by atoms with Crippen molar-refractivity contribution in [3.05, 3.63) is 77.8 Å². The van der Waals surface area contributed by atoms with Gasteiger partial charge in [-0.3, -0.25) is 9.78 Å². The zero-order valence-corrected chi connectivity index (χ0v) is 13.9. The molecular weight excluding hydrogens is 334 g/mol. The van der Waals surface area contributed by atoms with Crippen LogP contribution in [0.1, 0.15) is 26.5 Å². The Bertz CT molecular complexity index is 931. The van der Waals surface area contributed by atoms with Crippen molar-refractivity contribution in [3.8, 4) is 11.3 Å². The number of pyridine rings is 1. The maximum absolute atomic E-state index is 11.9. The predicted octanol–water partition coefficient (Wildman–Crippen LogP) is 2.89. The van der Waals surface area contributed by atoms with Crippen LogP contribution in [0.5, 0.6) is 0 Å². The number of carbonyl (C=O) groups is 2. The molecule has 0 saturated carbocycles. The van der Waals surface area contributed by atoms with Gasteiger partial charge in [0.2, 0.25) is 0 Å². The summed E-state index contributed by atoms with van der Waals surface area (Å²) in [5.74, 6) is 0.359. The van der Waals surface area contributed by atoms with Crippen LogP contribution in [0.3, 0.4) is 0 Å². The van der Waals surface area contributed by atoms with E-state index in [0.717, 1.165) is 5.56 Å². The summed E-state index contributed by atoms with van der Waals surface area (Å²) in [5.41, 5.74) is 4.14. The van der Waals surface area contributed by atoms with Gasteiger partial charge in [-0.05, 0) is 36.4 Å². The quantitative estimate of drug-likeness (QED) is 0.434. The molecule has 3 rings (SSSR count). The normalized spacial score (nSPS) is 10.7. The van der Waals surface area contributed by atoms with Gasteiger partial charge in [0.15, 0.2) is 0 Å². The summed E-state index contributed by atoms with van der Waals surface area (Å²) in [7, 11) is 1.34. The first-order chi connectivity index (χ1) is 12.7. The maximum Gasteiger partial charge on any atom is 0.337 e. The molecule has 130 valence electrons. The average molecular weight is 349 g/mol. The summed E-state index contributed by atoms with van der Waals surface area (Å²) in [4.78, 5) is 27.1. The van der Waals surface area contributed by atoms with Crippen LogP contribution in [0.15, 0.2) is 70.4 Å². The standard InChI is InChI=1S/C19H15N3O4/c1-25-19(24)15-4-2-13(3-5-15)17-7-6-16(26-17)12-21-22-18(23)14-8-10-20-11-9-14/h2-12H,1H3,(H,22,23)/b21-12+. The highest BCUT2D eigenvalue weighted by atomic mass is 16.5. The van der Waals surface area contributed by atoms with E-state index in [9.17, 15) is 9.59 Å². The molecule has 7 nitrogen and oxygen atoms in total. The largest absolute Gasteiger partial charge is 0.465 e. The highest BCUT2D eigenvalue weighted by Crippen LogP contribution is 2.22. The van der Waals surface area contributed by atoms with Crippen LogP contribution in [-0.2, 0) is 4.74 Å². The Hall–Kier alpha value is -3.74. The molecule has 0 aliphatic heterocycles. The van der Waals surface area contributed by atoms with E-state index in [1.807, 2.05) is 0 Å². The van der Waals surface area contributed by atoms with Crippen molar-refractivity contribution in [2.75, 3.05) is 7.11 Å². The Morgan fingerprint density at radius 3 is 2.46 bits per heavy atom. The first kappa shape index (κ1) is 17.1. The molecule has 0 bridgehead atoms. The first-order valence-electron chi connectivity index (χ1n) is 7.69. The Labute approximate surface area is 149 Å². The summed E-state index contributed by atoms with van der Waals surface area (Å²) >= 11 is 0. The van der Waals surface area contributed by atoms with E-state index in [0.29, 0.717) is 22.6 Å². The number of ether oxygens (including phenoxy) is 1. The van der Waals surface area contributed by atoms with Crippen LogP contribution >= 0.6 is 0 Å². The van der Waals surface area contributed by atoms with Crippen LogP contribution in [0.25, 0.3) is 11.3 Å². The molecule has 0 unspecified atom stereocenters. The van der Waals surface area contributed by atoms with Gasteiger partial charge in [-0.25, -0.2) is 10.2 Å². The number of hydrogen-bond acceptors (Lipinski definition) is 6. The zero-order valence-electron chi connectivity index (χ0n) is 13.9. The number of rotatable bonds is 5. The van der Waals surface area contributed by atoms with Gasteiger partial charge in [0, 0.05) is 23.5 Å². The fourth-order valence-electron chi connectivity index (χ4n) is 2.19. The molecule has 0 spiro atoms. The molecule has 0 saturated heterocycles. The molecule has 2 heterocycles. The van der Waals surface area contributed by atoms with Crippen LogP contribution in [0.4, 0.5) is 0 Å². The lowest BCUT2D eigenvalue weighted by molar-refractivity contribution is 0.0600. The monoisotopic (exact) mass is 349 g/mol. The highest BCUT2D eigenvalue weighted by molar-refractivity contribution is 5.94. The number of hydrogen-bond donors (Lipinski definition) is 1. The molecule has 1 aromatic carbocycles. The van der Waals surface area contributed by atoms with Crippen molar-refractivity contribution in [1.29, 1.82) is 0 Å². The fourth-order valence-corrected chi connectivity index (χ4v) is 2.19. The third-order valence-corrected chi connectivity index (χ3v) is 3.52. The molecule has 1 N–H and O–H groups in total. The Morgan fingerprint density at radius 1 is 1.04 bits per heavy atom. The minimum Gasteiger partial charge on any atom is -0.465 e. The summed E-state index contributed by atoms with van der Waals surface area (Å²) in [6, 6.07) is 13.5. The van der Waals surface area contributed by atoms with Crippen molar-refractivity contribution in [2.24, 2.45) is 5.10 Å². The van der Waals surface area contributed by atoms with Gasteiger partial charge in [-0.1, -0.05) is 12.1 Å². The lowest BCUT2D eigenvalue weighted by atomic mass is 10.1. The number of esters is 1. The Morgan fingerprint density at radius 2 is 1.77 bits per heavy atom. The highest BCUT2D eigenvalue weighted by Gasteiger charge is 2.08. The third kappa shape index (κ3) is 4.02. The van der Waals surface area contributed by atoms with Crippen molar-refractivity contribution in [3.63, 3.8) is 0 Å². The lowest BCUT2D eigenvalue weighted by Crippen LogP contribution is -2.17. The van der Waals surface area contributed by atoms with Crippen LogP contribution in [-0.4, -0.2) is 30.2 Å². The second-order valence-electron chi connectivity index (χ2n) is 5.21. The molecule has 0 aliphatic carbocycles. The number of carbonyl (C=O) groups excluding carboxylic acids is 2. The molecule has 0 atom stereocenters. The van der Waals surface area contributed by atoms with Gasteiger partial charge in [0.05, 0.1) is 18.9 Å². The van der Waals surface area contributed by atoms with E-state index >= 15 is 0 Å². The number of aromatic nitrogens is 1. The summed E-state index contributed by atoms with van der Waals surface area (Å²) in [6.45, 7) is 0. The first-order valence-corrected chi connectivity index (χ1v) is 7.69. The number of benzene rings is 1. The molecular formula is C19H15N3O4. The maximum atomic E-state index is 11.9. The van der Waals surface area contributed by atoms with Crippen molar-refractivity contribution < 1.29 is 18.7 Å². The van der Waals surface area contributed by atoms with Gasteiger partial charge in [-0.2, -0.15) is 5.10 Å². The Balaban J connectivity index is 1.64. The van der Waals surface area contributed by atoms with E-state index in [-0.39, 0.29) is 5.91 Å². The van der Waals surface area contributed by atoms with Crippen LogP contribution in [0.2, 0.25) is 0 Å². The summed E-state index contributed by atoms with van der Waals surface area (Å²) in [5, 5.41) is 3.87. The molecule has 0 radical (unpaired) electrons. The molecule has 3 aromatic rings. The topological polar surface area (TPSA) is 93.8 Å². The van der Waals surface area contributed by atoms with E-state index in [1.165, 1.54) is 25.7 Å². The Kier molecular flexibility index (Phi) is 5.19. The SMILES string of the molecule is COC(=O)c1ccc(-c2ccc(/C=N/NC(=O)c3ccncc3)o2)cc1. The minimum atomic E-state index is -0.395. The zero-order chi connectivity index (χ0) is 18.4. The van der Waals surface area contributed by atoms with Gasteiger partial charge in [-0.15, -0.1) is 0 Å². The molecule has 0 fully saturated rings. The summed E-state index contributed by atoms with van der Waals surface area (Å²) in [6.07, 6.45) is 4.47. The number of nitrogens with zero attached hydrogens (tertiary/aromatic N) is 2. The van der Waals surface area contributed by atoms with Gasteiger partial charge in [0.25, 0.3) is 5.91 Å². The number of amides is 1. The van der Waals surface area contributed by atoms with E-state index in [1.54, 1.807) is 48.5 Å². The van der Waals surface area contributed by atoms with E-state index in [4.69, 9.17) is 4.42 Å². The average Bonchev–Trinajstić information content (AvgIpc) is 3.17. The second-order valence-corrected chi connectivity index (χ2v) is 5.21. The minimum absolute atomic E-state index is 0.339. The van der Waals surface area contributed by atoms with Crippen LogP contribution in [0, 0.1) is 0 Å². The smallest absolute Gasteiger partial charge is 0.337 e. The number of methoxy groups -OCH3 is 1. The van der Waals surface area contributed by atoms with Crippen LogP contribution < -0.4 is 5.43 Å². The molecule has 26 heavy (non-hydrogen) atoms. The van der Waals surface area contributed by atoms with Gasteiger partial charge < -0.3 is 9.15 Å². The van der Waals surface area contributed by atoms with Crippen molar-refractivity contribution in [1.82, 2.24) is 10.4 Å². The van der Waals surface area contributed by atoms with E-state index < -0.39 is 5.97 Å². The van der Waals surface area contributed by atoms with E-state index in [2.05, 4.69) is 20.2 Å². The number of furan rings is 1. The predicted molar refractivity (Wildman–Crippen MR) is 94.8 cm³/mol. The van der Waals surface area contributed by atoms with Crippen molar-refractivity contribution in [2.45, 2.75) is 0 Å². The third-order valence-electron chi connectivity index (χ3n) is 3.52.